The summed E-state index contributed by atoms with van der Waals surface area (Å²) in [5.74, 6) is -0.170. The smallest absolute Gasteiger partial charge is 0.166 e. The molecule has 0 heterocycles. The van der Waals surface area contributed by atoms with Crippen LogP contribution in [0.5, 0.6) is 11.5 Å². The van der Waals surface area contributed by atoms with Crippen LogP contribution in [-0.4, -0.2) is 10.2 Å². The van der Waals surface area contributed by atoms with Crippen molar-refractivity contribution in [3.8, 4) is 33.8 Å². The van der Waals surface area contributed by atoms with Gasteiger partial charge in [-0.15, -0.1) is 0 Å². The summed E-state index contributed by atoms with van der Waals surface area (Å²) in [6.45, 7) is 5.94. The van der Waals surface area contributed by atoms with Crippen LogP contribution < -0.4 is 0 Å². The van der Waals surface area contributed by atoms with E-state index in [-0.39, 0.29) is 11.5 Å². The first-order valence-corrected chi connectivity index (χ1v) is 7.85. The molecule has 2 N–H and O–H groups in total. The van der Waals surface area contributed by atoms with Crippen LogP contribution in [0.1, 0.15) is 19.4 Å². The Morgan fingerprint density at radius 2 is 1.09 bits per heavy atom. The van der Waals surface area contributed by atoms with E-state index in [1.807, 2.05) is 81.4 Å². The second-order valence-corrected chi connectivity index (χ2v) is 5.04. The van der Waals surface area contributed by atoms with Crippen LogP contribution in [0.4, 0.5) is 0 Å². The van der Waals surface area contributed by atoms with Gasteiger partial charge < -0.3 is 10.2 Å². The normalized spacial score (nSPS) is 9.87. The number of phenols is 2. The highest BCUT2D eigenvalue weighted by Crippen LogP contribution is 2.45. The molecule has 3 rings (SSSR count). The summed E-state index contributed by atoms with van der Waals surface area (Å²) < 4.78 is 0. The second kappa shape index (κ2) is 7.50. The molecule has 0 unspecified atom stereocenters. The van der Waals surface area contributed by atoms with Gasteiger partial charge in [-0.05, 0) is 35.2 Å². The van der Waals surface area contributed by atoms with Crippen molar-refractivity contribution in [1.82, 2.24) is 0 Å². The lowest BCUT2D eigenvalue weighted by molar-refractivity contribution is 0.405. The van der Waals surface area contributed by atoms with Gasteiger partial charge in [0.1, 0.15) is 0 Å². The van der Waals surface area contributed by atoms with E-state index in [0.717, 1.165) is 22.3 Å². The van der Waals surface area contributed by atoms with E-state index in [4.69, 9.17) is 0 Å². The van der Waals surface area contributed by atoms with Crippen molar-refractivity contribution in [1.29, 1.82) is 0 Å². The fourth-order valence-corrected chi connectivity index (χ4v) is 2.65. The molecule has 3 aromatic rings. The van der Waals surface area contributed by atoms with Crippen LogP contribution >= 0.6 is 0 Å². The quantitative estimate of drug-likeness (QED) is 0.590. The van der Waals surface area contributed by atoms with Crippen LogP contribution in [0, 0.1) is 6.92 Å². The highest BCUT2D eigenvalue weighted by molar-refractivity contribution is 5.91. The molecule has 0 amide bonds. The lowest BCUT2D eigenvalue weighted by atomic mass is 9.90. The summed E-state index contributed by atoms with van der Waals surface area (Å²) in [5, 5.41) is 20.3. The largest absolute Gasteiger partial charge is 0.504 e. The minimum atomic E-state index is -0.0916. The van der Waals surface area contributed by atoms with Gasteiger partial charge in [-0.1, -0.05) is 74.5 Å². The molecule has 0 atom stereocenters. The Balaban J connectivity index is 0.000000924. The summed E-state index contributed by atoms with van der Waals surface area (Å²) in [7, 11) is 0. The Morgan fingerprint density at radius 3 is 1.57 bits per heavy atom. The predicted octanol–water partition coefficient (Wildman–Crippen LogP) is 5.77. The number of phenolic OH excluding ortho intramolecular Hbond substituents is 2. The Kier molecular flexibility index (Phi) is 5.42. The summed E-state index contributed by atoms with van der Waals surface area (Å²) in [6.07, 6.45) is 0. The lowest BCUT2D eigenvalue weighted by Gasteiger charge is -2.16. The predicted molar refractivity (Wildman–Crippen MR) is 96.7 cm³/mol. The molecule has 2 nitrogen and oxygen atoms in total. The number of hydrogen-bond donors (Lipinski definition) is 2. The first-order valence-electron chi connectivity index (χ1n) is 7.85. The van der Waals surface area contributed by atoms with Gasteiger partial charge in [-0.3, -0.25) is 0 Å². The average Bonchev–Trinajstić information content (AvgIpc) is 2.61. The van der Waals surface area contributed by atoms with E-state index >= 15 is 0 Å². The third-order valence-corrected chi connectivity index (χ3v) is 3.60. The summed E-state index contributed by atoms with van der Waals surface area (Å²) in [5.41, 5.74) is 4.43. The van der Waals surface area contributed by atoms with Crippen molar-refractivity contribution in [2.75, 3.05) is 0 Å². The maximum atomic E-state index is 10.4. The van der Waals surface area contributed by atoms with Crippen molar-refractivity contribution < 1.29 is 10.2 Å². The number of rotatable bonds is 2. The molecule has 0 radical (unpaired) electrons. The van der Waals surface area contributed by atoms with Crippen LogP contribution in [0.3, 0.4) is 0 Å². The number of aryl methyl sites for hydroxylation is 1. The Morgan fingerprint density at radius 1 is 0.652 bits per heavy atom. The van der Waals surface area contributed by atoms with E-state index < -0.39 is 0 Å². The van der Waals surface area contributed by atoms with Gasteiger partial charge in [0, 0.05) is 5.56 Å². The van der Waals surface area contributed by atoms with Crippen molar-refractivity contribution in [2.24, 2.45) is 0 Å². The maximum Gasteiger partial charge on any atom is 0.166 e. The summed E-state index contributed by atoms with van der Waals surface area (Å²) >= 11 is 0. The number of aromatic hydroxyl groups is 2. The molecule has 0 aliphatic heterocycles. The van der Waals surface area contributed by atoms with Crippen LogP contribution in [0.15, 0.2) is 66.7 Å². The second-order valence-electron chi connectivity index (χ2n) is 5.04. The molecule has 23 heavy (non-hydrogen) atoms. The maximum absolute atomic E-state index is 10.4. The van der Waals surface area contributed by atoms with Crippen LogP contribution in [0.2, 0.25) is 0 Å². The van der Waals surface area contributed by atoms with Crippen LogP contribution in [-0.2, 0) is 0 Å². The molecule has 0 aliphatic carbocycles. The van der Waals surface area contributed by atoms with Gasteiger partial charge in [0.2, 0.25) is 0 Å². The van der Waals surface area contributed by atoms with Gasteiger partial charge >= 0.3 is 0 Å². The molecule has 0 bridgehead atoms. The summed E-state index contributed by atoms with van der Waals surface area (Å²) in [4.78, 5) is 0. The third-order valence-electron chi connectivity index (χ3n) is 3.60. The van der Waals surface area contributed by atoms with Crippen molar-refractivity contribution in [2.45, 2.75) is 20.8 Å². The molecular weight excluding hydrogens is 284 g/mol. The fraction of sp³-hybridized carbons (Fsp3) is 0.143. The fourth-order valence-electron chi connectivity index (χ4n) is 2.65. The molecule has 118 valence electrons. The van der Waals surface area contributed by atoms with Crippen LogP contribution in [0.25, 0.3) is 22.3 Å². The highest BCUT2D eigenvalue weighted by Gasteiger charge is 2.18. The molecule has 0 saturated carbocycles. The summed E-state index contributed by atoms with van der Waals surface area (Å²) in [6, 6.07) is 21.1. The van der Waals surface area contributed by atoms with Gasteiger partial charge in [-0.25, -0.2) is 0 Å². The Labute approximate surface area is 137 Å². The minimum Gasteiger partial charge on any atom is -0.504 e. The van der Waals surface area contributed by atoms with Gasteiger partial charge in [0.05, 0.1) is 0 Å². The molecule has 0 fully saturated rings. The zero-order valence-electron chi connectivity index (χ0n) is 13.7. The van der Waals surface area contributed by atoms with Crippen molar-refractivity contribution in [3.63, 3.8) is 0 Å². The first kappa shape index (κ1) is 16.6. The minimum absolute atomic E-state index is 0.0781. The third kappa shape index (κ3) is 3.37. The lowest BCUT2D eigenvalue weighted by Crippen LogP contribution is -1.91. The molecule has 2 heteroatoms. The first-order chi connectivity index (χ1) is 11.2. The van der Waals surface area contributed by atoms with Crippen molar-refractivity contribution >= 4 is 0 Å². The zero-order chi connectivity index (χ0) is 16.8. The number of hydrogen-bond acceptors (Lipinski definition) is 2. The molecule has 0 aromatic heterocycles. The zero-order valence-corrected chi connectivity index (χ0v) is 13.7. The molecule has 0 saturated heterocycles. The van der Waals surface area contributed by atoms with E-state index in [1.165, 1.54) is 0 Å². The molecule has 0 aliphatic rings. The topological polar surface area (TPSA) is 40.5 Å². The SMILES string of the molecule is CC.Cc1cc(O)c(O)c(-c2ccccc2)c1-c1ccccc1. The van der Waals surface area contributed by atoms with Crippen molar-refractivity contribution in [3.05, 3.63) is 72.3 Å². The van der Waals surface area contributed by atoms with E-state index in [1.54, 1.807) is 6.07 Å². The molecular formula is C21H22O2. The van der Waals surface area contributed by atoms with Gasteiger partial charge in [0.15, 0.2) is 11.5 Å². The monoisotopic (exact) mass is 306 g/mol. The standard InChI is InChI=1S/C19H16O2.C2H6/c1-13-12-16(20)19(21)18(15-10-6-3-7-11-15)17(13)14-8-4-2-5-9-14;1-2/h2-12,20-21H,1H3;1-2H3. The number of benzene rings is 3. The Bertz CT molecular complexity index is 763. The Hall–Kier alpha value is -2.74. The molecule has 0 spiro atoms. The highest BCUT2D eigenvalue weighted by atomic mass is 16.3. The van der Waals surface area contributed by atoms with E-state index in [2.05, 4.69) is 0 Å². The van der Waals surface area contributed by atoms with Gasteiger partial charge in [-0.2, -0.15) is 0 Å². The average molecular weight is 306 g/mol. The molecule has 3 aromatic carbocycles. The van der Waals surface area contributed by atoms with E-state index in [0.29, 0.717) is 5.56 Å². The van der Waals surface area contributed by atoms with E-state index in [9.17, 15) is 10.2 Å². The van der Waals surface area contributed by atoms with Gasteiger partial charge in [0.25, 0.3) is 0 Å².